The summed E-state index contributed by atoms with van der Waals surface area (Å²) in [5, 5.41) is 0. The van der Waals surface area contributed by atoms with Crippen molar-refractivity contribution in [2.24, 2.45) is 0 Å². The SMILES string of the molecule is CCCOC(=O)C(OCc1ccccc1)C(C)=O. The fourth-order valence-electron chi connectivity index (χ4n) is 1.38. The van der Waals surface area contributed by atoms with Gasteiger partial charge < -0.3 is 9.47 Å². The van der Waals surface area contributed by atoms with Crippen LogP contribution in [-0.2, 0) is 25.7 Å². The number of ether oxygens (including phenoxy) is 2. The van der Waals surface area contributed by atoms with Crippen LogP contribution < -0.4 is 0 Å². The topological polar surface area (TPSA) is 52.6 Å². The predicted octanol–water partition coefficient (Wildman–Crippen LogP) is 2.11. The molecule has 0 bridgehead atoms. The Morgan fingerprint density at radius 1 is 1.22 bits per heavy atom. The van der Waals surface area contributed by atoms with Crippen LogP contribution in [0.15, 0.2) is 30.3 Å². The highest BCUT2D eigenvalue weighted by molar-refractivity contribution is 6.00. The number of carbonyl (C=O) groups is 2. The van der Waals surface area contributed by atoms with Crippen molar-refractivity contribution in [1.82, 2.24) is 0 Å². The molecule has 0 aliphatic rings. The van der Waals surface area contributed by atoms with Crippen molar-refractivity contribution in [3.8, 4) is 0 Å². The molecule has 1 unspecified atom stereocenters. The summed E-state index contributed by atoms with van der Waals surface area (Å²) in [4.78, 5) is 22.9. The molecule has 0 radical (unpaired) electrons. The summed E-state index contributed by atoms with van der Waals surface area (Å²) in [5.74, 6) is -0.952. The van der Waals surface area contributed by atoms with Gasteiger partial charge in [0.15, 0.2) is 5.78 Å². The molecule has 0 saturated heterocycles. The Kier molecular flexibility index (Phi) is 6.08. The first-order chi connectivity index (χ1) is 8.65. The molecule has 1 atom stereocenters. The van der Waals surface area contributed by atoms with Gasteiger partial charge in [0, 0.05) is 0 Å². The van der Waals surface area contributed by atoms with Crippen LogP contribution in [0.4, 0.5) is 0 Å². The first-order valence-electron chi connectivity index (χ1n) is 5.97. The normalized spacial score (nSPS) is 11.9. The Hall–Kier alpha value is -1.68. The summed E-state index contributed by atoms with van der Waals surface area (Å²) >= 11 is 0. The van der Waals surface area contributed by atoms with Gasteiger partial charge in [-0.2, -0.15) is 0 Å². The lowest BCUT2D eigenvalue weighted by Crippen LogP contribution is -2.33. The molecule has 18 heavy (non-hydrogen) atoms. The second kappa shape index (κ2) is 7.61. The number of Topliss-reactive ketones (excluding diaryl/α,β-unsaturated/α-hetero) is 1. The molecule has 98 valence electrons. The van der Waals surface area contributed by atoms with Crippen LogP contribution in [0.1, 0.15) is 25.8 Å². The molecule has 0 aromatic heterocycles. The number of hydrogen-bond acceptors (Lipinski definition) is 4. The largest absolute Gasteiger partial charge is 0.463 e. The average Bonchev–Trinajstić information content (AvgIpc) is 2.37. The van der Waals surface area contributed by atoms with E-state index >= 15 is 0 Å². The first-order valence-corrected chi connectivity index (χ1v) is 5.97. The lowest BCUT2D eigenvalue weighted by molar-refractivity contribution is -0.162. The van der Waals surface area contributed by atoms with E-state index in [4.69, 9.17) is 9.47 Å². The van der Waals surface area contributed by atoms with Gasteiger partial charge in [-0.1, -0.05) is 37.3 Å². The molecule has 0 aliphatic carbocycles. The van der Waals surface area contributed by atoms with Crippen LogP contribution in [0.5, 0.6) is 0 Å². The number of rotatable bonds is 7. The molecule has 4 nitrogen and oxygen atoms in total. The van der Waals surface area contributed by atoms with Gasteiger partial charge in [-0.25, -0.2) is 4.79 Å². The van der Waals surface area contributed by atoms with E-state index in [0.29, 0.717) is 6.61 Å². The zero-order valence-electron chi connectivity index (χ0n) is 10.7. The Morgan fingerprint density at radius 2 is 1.89 bits per heavy atom. The number of hydrogen-bond donors (Lipinski definition) is 0. The molecule has 0 aliphatic heterocycles. The number of esters is 1. The Morgan fingerprint density at radius 3 is 2.44 bits per heavy atom. The summed E-state index contributed by atoms with van der Waals surface area (Å²) in [6, 6.07) is 9.37. The summed E-state index contributed by atoms with van der Waals surface area (Å²) < 4.78 is 10.2. The third-order valence-electron chi connectivity index (χ3n) is 2.29. The molecular formula is C14H18O4. The van der Waals surface area contributed by atoms with E-state index in [0.717, 1.165) is 12.0 Å². The zero-order chi connectivity index (χ0) is 13.4. The summed E-state index contributed by atoms with van der Waals surface area (Å²) in [6.07, 6.45) is -0.411. The second-order valence-corrected chi connectivity index (χ2v) is 3.95. The molecule has 1 aromatic carbocycles. The van der Waals surface area contributed by atoms with Crippen molar-refractivity contribution in [3.63, 3.8) is 0 Å². The fourth-order valence-corrected chi connectivity index (χ4v) is 1.38. The third-order valence-corrected chi connectivity index (χ3v) is 2.29. The van der Waals surface area contributed by atoms with Crippen molar-refractivity contribution < 1.29 is 19.1 Å². The quantitative estimate of drug-likeness (QED) is 0.549. The highest BCUT2D eigenvalue weighted by Crippen LogP contribution is 2.06. The van der Waals surface area contributed by atoms with Crippen molar-refractivity contribution in [2.45, 2.75) is 33.0 Å². The van der Waals surface area contributed by atoms with E-state index in [-0.39, 0.29) is 12.4 Å². The van der Waals surface area contributed by atoms with Crippen molar-refractivity contribution in [2.75, 3.05) is 6.61 Å². The molecule has 0 N–H and O–H groups in total. The van der Waals surface area contributed by atoms with Gasteiger partial charge in [0.2, 0.25) is 6.10 Å². The summed E-state index contributed by atoms with van der Waals surface area (Å²) in [5.41, 5.74) is 0.909. The van der Waals surface area contributed by atoms with Crippen molar-refractivity contribution >= 4 is 11.8 Å². The third kappa shape index (κ3) is 4.67. The van der Waals surface area contributed by atoms with E-state index in [2.05, 4.69) is 0 Å². The summed E-state index contributed by atoms with van der Waals surface area (Å²) in [6.45, 7) is 3.73. The molecule has 1 rings (SSSR count). The van der Waals surface area contributed by atoms with Crippen LogP contribution in [0.3, 0.4) is 0 Å². The molecule has 0 fully saturated rings. The highest BCUT2D eigenvalue weighted by atomic mass is 16.6. The minimum Gasteiger partial charge on any atom is -0.463 e. The number of benzene rings is 1. The maximum absolute atomic E-state index is 11.6. The maximum atomic E-state index is 11.6. The van der Waals surface area contributed by atoms with Crippen LogP contribution in [0, 0.1) is 0 Å². The second-order valence-electron chi connectivity index (χ2n) is 3.95. The smallest absolute Gasteiger partial charge is 0.343 e. The van der Waals surface area contributed by atoms with Gasteiger partial charge in [0.1, 0.15) is 0 Å². The van der Waals surface area contributed by atoms with E-state index in [1.165, 1.54) is 6.92 Å². The van der Waals surface area contributed by atoms with Gasteiger partial charge >= 0.3 is 5.97 Å². The van der Waals surface area contributed by atoms with E-state index in [1.807, 2.05) is 37.3 Å². The van der Waals surface area contributed by atoms with Gasteiger partial charge in [0.25, 0.3) is 0 Å². The van der Waals surface area contributed by atoms with Crippen LogP contribution in [-0.4, -0.2) is 24.5 Å². The molecular weight excluding hydrogens is 232 g/mol. The maximum Gasteiger partial charge on any atom is 0.343 e. The Bertz CT molecular complexity index is 386. The standard InChI is InChI=1S/C14H18O4/c1-3-9-17-14(16)13(11(2)15)18-10-12-7-5-4-6-8-12/h4-8,13H,3,9-10H2,1-2H3. The van der Waals surface area contributed by atoms with E-state index in [9.17, 15) is 9.59 Å². The molecule has 0 saturated carbocycles. The Labute approximate surface area is 107 Å². The van der Waals surface area contributed by atoms with Gasteiger partial charge in [0.05, 0.1) is 13.2 Å². The van der Waals surface area contributed by atoms with Gasteiger partial charge in [-0.05, 0) is 18.9 Å². The summed E-state index contributed by atoms with van der Waals surface area (Å²) in [7, 11) is 0. The molecule has 0 amide bonds. The zero-order valence-corrected chi connectivity index (χ0v) is 10.7. The molecule has 0 spiro atoms. The first kappa shape index (κ1) is 14.4. The number of carbonyl (C=O) groups excluding carboxylic acids is 2. The lowest BCUT2D eigenvalue weighted by Gasteiger charge is -2.14. The van der Waals surface area contributed by atoms with E-state index < -0.39 is 12.1 Å². The van der Waals surface area contributed by atoms with Crippen LogP contribution >= 0.6 is 0 Å². The average molecular weight is 250 g/mol. The monoisotopic (exact) mass is 250 g/mol. The van der Waals surface area contributed by atoms with E-state index in [1.54, 1.807) is 0 Å². The molecule has 4 heteroatoms. The fraction of sp³-hybridized carbons (Fsp3) is 0.429. The Balaban J connectivity index is 2.53. The number of ketones is 1. The lowest BCUT2D eigenvalue weighted by atomic mass is 10.2. The van der Waals surface area contributed by atoms with Crippen molar-refractivity contribution in [1.29, 1.82) is 0 Å². The van der Waals surface area contributed by atoms with Crippen molar-refractivity contribution in [3.05, 3.63) is 35.9 Å². The minimum absolute atomic E-state index is 0.215. The van der Waals surface area contributed by atoms with Crippen LogP contribution in [0.25, 0.3) is 0 Å². The van der Waals surface area contributed by atoms with Gasteiger partial charge in [-0.15, -0.1) is 0 Å². The highest BCUT2D eigenvalue weighted by Gasteiger charge is 2.25. The minimum atomic E-state index is -1.13. The van der Waals surface area contributed by atoms with Crippen LogP contribution in [0.2, 0.25) is 0 Å². The molecule has 0 heterocycles. The van der Waals surface area contributed by atoms with Gasteiger partial charge in [-0.3, -0.25) is 4.79 Å². The predicted molar refractivity (Wildman–Crippen MR) is 67.0 cm³/mol. The molecule has 1 aromatic rings.